The zero-order valence-electron chi connectivity index (χ0n) is 17.2. The summed E-state index contributed by atoms with van der Waals surface area (Å²) in [6.07, 6.45) is 0.419. The highest BCUT2D eigenvalue weighted by Gasteiger charge is 2.21. The molecule has 3 aromatic rings. The van der Waals surface area contributed by atoms with Gasteiger partial charge in [-0.25, -0.2) is 0 Å². The van der Waals surface area contributed by atoms with Crippen LogP contribution in [0.5, 0.6) is 0 Å². The van der Waals surface area contributed by atoms with Crippen LogP contribution in [0.1, 0.15) is 11.1 Å². The monoisotopic (exact) mass is 400 g/mol. The summed E-state index contributed by atoms with van der Waals surface area (Å²) in [6, 6.07) is 28.9. The summed E-state index contributed by atoms with van der Waals surface area (Å²) >= 11 is 0. The van der Waals surface area contributed by atoms with E-state index in [0.717, 1.165) is 30.8 Å². The van der Waals surface area contributed by atoms with E-state index in [2.05, 4.69) is 58.7 Å². The minimum atomic E-state index is 0.0336. The fourth-order valence-corrected chi connectivity index (χ4v) is 3.81. The molecule has 0 radical (unpaired) electrons. The molecule has 1 saturated heterocycles. The number of nitrogens with one attached hydrogen (secondary N) is 1. The first-order valence-corrected chi connectivity index (χ1v) is 10.6. The molecular formula is C26H28N2O2. The highest BCUT2D eigenvalue weighted by atomic mass is 16.5. The minimum absolute atomic E-state index is 0.0336. The number of hydrogen-bond acceptors (Lipinski definition) is 3. The quantitative estimate of drug-likeness (QED) is 0.654. The lowest BCUT2D eigenvalue weighted by Gasteiger charge is -2.33. The minimum Gasteiger partial charge on any atom is -0.374 e. The summed E-state index contributed by atoms with van der Waals surface area (Å²) in [4.78, 5) is 14.8. The normalized spacial score (nSPS) is 16.9. The van der Waals surface area contributed by atoms with Gasteiger partial charge in [-0.15, -0.1) is 0 Å². The van der Waals surface area contributed by atoms with Crippen LogP contribution < -0.4 is 5.32 Å². The second-order valence-corrected chi connectivity index (χ2v) is 7.76. The van der Waals surface area contributed by atoms with Gasteiger partial charge in [0.2, 0.25) is 5.91 Å². The van der Waals surface area contributed by atoms with Gasteiger partial charge in [-0.3, -0.25) is 9.69 Å². The van der Waals surface area contributed by atoms with Crippen molar-refractivity contribution in [3.8, 4) is 11.1 Å². The number of nitrogens with zero attached hydrogens (tertiary/aromatic N) is 1. The fraction of sp³-hybridized carbons (Fsp3) is 0.269. The van der Waals surface area contributed by atoms with Crippen molar-refractivity contribution >= 4 is 5.91 Å². The second-order valence-electron chi connectivity index (χ2n) is 7.76. The van der Waals surface area contributed by atoms with E-state index in [-0.39, 0.29) is 12.0 Å². The van der Waals surface area contributed by atoms with Crippen LogP contribution in [0, 0.1) is 0 Å². The molecule has 0 aliphatic carbocycles. The fourth-order valence-electron chi connectivity index (χ4n) is 3.81. The first-order chi connectivity index (χ1) is 14.8. The Hall–Kier alpha value is -2.95. The van der Waals surface area contributed by atoms with Gasteiger partial charge in [-0.2, -0.15) is 0 Å². The Balaban J connectivity index is 1.23. The molecule has 4 rings (SSSR count). The van der Waals surface area contributed by atoms with Gasteiger partial charge in [0.1, 0.15) is 0 Å². The van der Waals surface area contributed by atoms with Gasteiger partial charge in [0, 0.05) is 26.2 Å². The van der Waals surface area contributed by atoms with Crippen molar-refractivity contribution in [2.24, 2.45) is 0 Å². The van der Waals surface area contributed by atoms with Crippen molar-refractivity contribution in [3.63, 3.8) is 0 Å². The van der Waals surface area contributed by atoms with E-state index in [1.54, 1.807) is 0 Å². The van der Waals surface area contributed by atoms with E-state index in [1.165, 1.54) is 11.1 Å². The summed E-state index contributed by atoms with van der Waals surface area (Å²) in [7, 11) is 0. The average molecular weight is 401 g/mol. The van der Waals surface area contributed by atoms with Gasteiger partial charge in [-0.05, 0) is 22.3 Å². The van der Waals surface area contributed by atoms with Crippen LogP contribution in [0.25, 0.3) is 11.1 Å². The van der Waals surface area contributed by atoms with Crippen molar-refractivity contribution in [3.05, 3.63) is 96.1 Å². The van der Waals surface area contributed by atoms with Crippen molar-refractivity contribution in [1.29, 1.82) is 0 Å². The molecule has 30 heavy (non-hydrogen) atoms. The van der Waals surface area contributed by atoms with E-state index in [9.17, 15) is 4.79 Å². The Kier molecular flexibility index (Phi) is 6.91. The number of carbonyl (C=O) groups excluding carboxylic acids is 1. The van der Waals surface area contributed by atoms with E-state index < -0.39 is 0 Å². The molecule has 0 unspecified atom stereocenters. The van der Waals surface area contributed by atoms with Crippen LogP contribution in [0.4, 0.5) is 0 Å². The Labute approximate surface area is 178 Å². The molecule has 3 aromatic carbocycles. The Morgan fingerprint density at radius 1 is 0.867 bits per heavy atom. The van der Waals surface area contributed by atoms with Crippen molar-refractivity contribution in [2.75, 3.05) is 26.2 Å². The maximum absolute atomic E-state index is 12.4. The SMILES string of the molecule is O=C(Cc1ccc(-c2ccccc2)cc1)NC[C@H]1CN(Cc2ccccc2)CCO1. The first-order valence-electron chi connectivity index (χ1n) is 10.6. The molecule has 1 aliphatic heterocycles. The Morgan fingerprint density at radius 3 is 2.27 bits per heavy atom. The molecule has 4 nitrogen and oxygen atoms in total. The van der Waals surface area contributed by atoms with E-state index in [1.807, 2.05) is 36.4 Å². The number of amides is 1. The number of carbonyl (C=O) groups is 1. The maximum Gasteiger partial charge on any atom is 0.224 e. The molecule has 1 atom stereocenters. The second kappa shape index (κ2) is 10.2. The molecule has 1 fully saturated rings. The Morgan fingerprint density at radius 2 is 1.53 bits per heavy atom. The third kappa shape index (κ3) is 5.78. The summed E-state index contributed by atoms with van der Waals surface area (Å²) < 4.78 is 5.85. The molecule has 1 N–H and O–H groups in total. The average Bonchev–Trinajstić information content (AvgIpc) is 2.80. The zero-order valence-corrected chi connectivity index (χ0v) is 17.2. The largest absolute Gasteiger partial charge is 0.374 e. The molecule has 1 heterocycles. The lowest BCUT2D eigenvalue weighted by atomic mass is 10.0. The molecule has 0 aromatic heterocycles. The summed E-state index contributed by atoms with van der Waals surface area (Å²) in [5.74, 6) is 0.0336. The van der Waals surface area contributed by atoms with Crippen LogP contribution in [-0.4, -0.2) is 43.2 Å². The standard InChI is InChI=1S/C26H28N2O2/c29-26(17-21-11-13-24(14-12-21)23-9-5-2-6-10-23)27-18-25-20-28(15-16-30-25)19-22-7-3-1-4-8-22/h1-14,25H,15-20H2,(H,27,29)/t25-/m0/s1. The van der Waals surface area contributed by atoms with Crippen LogP contribution in [-0.2, 0) is 22.5 Å². The zero-order chi connectivity index (χ0) is 20.6. The number of ether oxygens (including phenoxy) is 1. The molecule has 0 spiro atoms. The van der Waals surface area contributed by atoms with Crippen molar-refractivity contribution in [1.82, 2.24) is 10.2 Å². The lowest BCUT2D eigenvalue weighted by Crippen LogP contribution is -2.47. The lowest BCUT2D eigenvalue weighted by molar-refractivity contribution is -0.121. The number of hydrogen-bond donors (Lipinski definition) is 1. The first kappa shape index (κ1) is 20.3. The van der Waals surface area contributed by atoms with Crippen molar-refractivity contribution in [2.45, 2.75) is 19.1 Å². The predicted molar refractivity (Wildman–Crippen MR) is 120 cm³/mol. The number of rotatable bonds is 7. The summed E-state index contributed by atoms with van der Waals surface area (Å²) in [5, 5.41) is 3.04. The van der Waals surface area contributed by atoms with E-state index in [0.29, 0.717) is 19.6 Å². The molecule has 154 valence electrons. The molecule has 4 heteroatoms. The van der Waals surface area contributed by atoms with Crippen molar-refractivity contribution < 1.29 is 9.53 Å². The van der Waals surface area contributed by atoms with Gasteiger partial charge in [0.25, 0.3) is 0 Å². The molecule has 0 bridgehead atoms. The number of morpholine rings is 1. The highest BCUT2D eigenvalue weighted by molar-refractivity contribution is 5.78. The van der Waals surface area contributed by atoms with Gasteiger partial charge in [0.05, 0.1) is 19.1 Å². The van der Waals surface area contributed by atoms with E-state index in [4.69, 9.17) is 4.74 Å². The molecule has 1 aliphatic rings. The number of benzene rings is 3. The van der Waals surface area contributed by atoms with E-state index >= 15 is 0 Å². The van der Waals surface area contributed by atoms with Gasteiger partial charge < -0.3 is 10.1 Å². The van der Waals surface area contributed by atoms with Crippen LogP contribution in [0.3, 0.4) is 0 Å². The highest BCUT2D eigenvalue weighted by Crippen LogP contribution is 2.19. The topological polar surface area (TPSA) is 41.6 Å². The smallest absolute Gasteiger partial charge is 0.224 e. The van der Waals surface area contributed by atoms with Gasteiger partial charge in [-0.1, -0.05) is 84.9 Å². The third-order valence-corrected chi connectivity index (χ3v) is 5.42. The predicted octanol–water partition coefficient (Wildman–Crippen LogP) is 3.91. The van der Waals surface area contributed by atoms with Crippen LogP contribution >= 0.6 is 0 Å². The Bertz CT molecular complexity index is 926. The van der Waals surface area contributed by atoms with Crippen LogP contribution in [0.2, 0.25) is 0 Å². The molecule has 1 amide bonds. The molecule has 0 saturated carbocycles. The van der Waals surface area contributed by atoms with Gasteiger partial charge in [0.15, 0.2) is 0 Å². The molecular weight excluding hydrogens is 372 g/mol. The summed E-state index contributed by atoms with van der Waals surface area (Å²) in [6.45, 7) is 3.93. The van der Waals surface area contributed by atoms with Crippen LogP contribution in [0.15, 0.2) is 84.9 Å². The summed E-state index contributed by atoms with van der Waals surface area (Å²) in [5.41, 5.74) is 4.67. The van der Waals surface area contributed by atoms with Gasteiger partial charge >= 0.3 is 0 Å². The maximum atomic E-state index is 12.4. The third-order valence-electron chi connectivity index (χ3n) is 5.42.